The van der Waals surface area contributed by atoms with Crippen molar-refractivity contribution in [3.8, 4) is 0 Å². The summed E-state index contributed by atoms with van der Waals surface area (Å²) >= 11 is 0. The van der Waals surface area contributed by atoms with E-state index in [1.165, 1.54) is 16.5 Å². The van der Waals surface area contributed by atoms with Crippen LogP contribution in [-0.2, 0) is 7.05 Å². The average Bonchev–Trinajstić information content (AvgIpc) is 3.01. The summed E-state index contributed by atoms with van der Waals surface area (Å²) in [5, 5.41) is 12.2. The van der Waals surface area contributed by atoms with E-state index in [0.717, 1.165) is 44.0 Å². The van der Waals surface area contributed by atoms with E-state index in [-0.39, 0.29) is 0 Å². The van der Waals surface area contributed by atoms with Gasteiger partial charge in [0.05, 0.1) is 6.10 Å². The Hall–Kier alpha value is -2.40. The van der Waals surface area contributed by atoms with Crippen molar-refractivity contribution in [3.63, 3.8) is 0 Å². The second-order valence-electron chi connectivity index (χ2n) is 8.01. The van der Waals surface area contributed by atoms with Gasteiger partial charge in [0.1, 0.15) is 0 Å². The van der Waals surface area contributed by atoms with E-state index in [9.17, 15) is 5.11 Å². The van der Waals surface area contributed by atoms with Crippen molar-refractivity contribution in [2.24, 2.45) is 7.05 Å². The van der Waals surface area contributed by atoms with E-state index < -0.39 is 6.10 Å². The number of hydrogen-bond acceptors (Lipinski definition) is 3. The summed E-state index contributed by atoms with van der Waals surface area (Å²) in [6.45, 7) is 7.87. The van der Waals surface area contributed by atoms with Crippen LogP contribution in [0.25, 0.3) is 17.0 Å². The number of aromatic nitrogens is 1. The molecule has 2 aromatic carbocycles. The van der Waals surface area contributed by atoms with Crippen LogP contribution in [0.3, 0.4) is 0 Å². The second kappa shape index (κ2) is 8.95. The van der Waals surface area contributed by atoms with Gasteiger partial charge in [-0.25, -0.2) is 0 Å². The molecule has 0 bridgehead atoms. The number of rotatable bonds is 6. The van der Waals surface area contributed by atoms with Gasteiger partial charge in [0.25, 0.3) is 0 Å². The van der Waals surface area contributed by atoms with Crippen LogP contribution < -0.4 is 0 Å². The van der Waals surface area contributed by atoms with E-state index in [1.807, 2.05) is 6.07 Å². The number of aryl methyl sites for hydroxylation is 1. The van der Waals surface area contributed by atoms with E-state index in [2.05, 4.69) is 89.0 Å². The molecule has 1 aliphatic heterocycles. The fourth-order valence-electron chi connectivity index (χ4n) is 4.36. The minimum Gasteiger partial charge on any atom is -0.387 e. The first-order valence-electron chi connectivity index (χ1n) is 10.5. The number of hydrogen-bond donors (Lipinski definition) is 1. The van der Waals surface area contributed by atoms with Gasteiger partial charge >= 0.3 is 0 Å². The third kappa shape index (κ3) is 4.45. The van der Waals surface area contributed by atoms with E-state index in [0.29, 0.717) is 6.54 Å². The van der Waals surface area contributed by atoms with Gasteiger partial charge in [-0.2, -0.15) is 0 Å². The minimum absolute atomic E-state index is 0.453. The van der Waals surface area contributed by atoms with Gasteiger partial charge < -0.3 is 9.67 Å². The molecule has 0 aliphatic carbocycles. The standard InChI is InChI=1S/C25H31N3O/c1-20-25(22-12-6-7-13-23(22)26(20)2)24(29)19-28-17-15-27(16-18-28)14-8-11-21-9-4-3-5-10-21/h3-13,24,29H,14-19H2,1-2H3/b11-8+. The minimum atomic E-state index is -0.453. The lowest BCUT2D eigenvalue weighted by Gasteiger charge is -2.35. The van der Waals surface area contributed by atoms with Crippen molar-refractivity contribution in [3.05, 3.63) is 77.5 Å². The van der Waals surface area contributed by atoms with Crippen LogP contribution in [0.15, 0.2) is 60.7 Å². The van der Waals surface area contributed by atoms with E-state index in [4.69, 9.17) is 0 Å². The molecule has 1 atom stereocenters. The van der Waals surface area contributed by atoms with Gasteiger partial charge in [-0.1, -0.05) is 60.7 Å². The maximum Gasteiger partial charge on any atom is 0.0940 e. The van der Waals surface area contributed by atoms with Crippen LogP contribution in [-0.4, -0.2) is 58.7 Å². The number of para-hydroxylation sites is 1. The number of fused-ring (bicyclic) bond motifs is 1. The molecule has 152 valence electrons. The predicted molar refractivity (Wildman–Crippen MR) is 121 cm³/mol. The largest absolute Gasteiger partial charge is 0.387 e. The second-order valence-corrected chi connectivity index (χ2v) is 8.01. The fraction of sp³-hybridized carbons (Fsp3) is 0.360. The quantitative estimate of drug-likeness (QED) is 0.695. The molecule has 4 heteroatoms. The molecule has 2 heterocycles. The highest BCUT2D eigenvalue weighted by Crippen LogP contribution is 2.30. The Labute approximate surface area is 173 Å². The van der Waals surface area contributed by atoms with E-state index >= 15 is 0 Å². The summed E-state index contributed by atoms with van der Waals surface area (Å²) in [5.41, 5.74) is 4.67. The number of nitrogens with zero attached hydrogens (tertiary/aromatic N) is 3. The van der Waals surface area contributed by atoms with Crippen molar-refractivity contribution in [2.75, 3.05) is 39.3 Å². The number of benzene rings is 2. The van der Waals surface area contributed by atoms with Gasteiger partial charge in [-0.05, 0) is 18.6 Å². The SMILES string of the molecule is Cc1c(C(O)CN2CCN(C/C=C/c3ccccc3)CC2)c2ccccc2n1C. The zero-order chi connectivity index (χ0) is 20.2. The zero-order valence-corrected chi connectivity index (χ0v) is 17.5. The van der Waals surface area contributed by atoms with Crippen molar-refractivity contribution >= 4 is 17.0 Å². The molecule has 1 aliphatic rings. The van der Waals surface area contributed by atoms with Gasteiger partial charge in [-0.3, -0.25) is 9.80 Å². The van der Waals surface area contributed by atoms with Crippen LogP contribution >= 0.6 is 0 Å². The highest BCUT2D eigenvalue weighted by Gasteiger charge is 2.23. The smallest absolute Gasteiger partial charge is 0.0940 e. The number of aliphatic hydroxyl groups is 1. The number of aliphatic hydroxyl groups excluding tert-OH is 1. The first-order chi connectivity index (χ1) is 14.1. The highest BCUT2D eigenvalue weighted by molar-refractivity contribution is 5.85. The molecule has 3 aromatic rings. The van der Waals surface area contributed by atoms with Crippen molar-refractivity contribution in [2.45, 2.75) is 13.0 Å². The lowest BCUT2D eigenvalue weighted by Crippen LogP contribution is -2.47. The molecule has 1 saturated heterocycles. The van der Waals surface area contributed by atoms with Crippen LogP contribution in [0, 0.1) is 6.92 Å². The maximum atomic E-state index is 11.0. The molecule has 29 heavy (non-hydrogen) atoms. The van der Waals surface area contributed by atoms with Crippen LogP contribution in [0.5, 0.6) is 0 Å². The van der Waals surface area contributed by atoms with Crippen LogP contribution in [0.4, 0.5) is 0 Å². The molecule has 1 aromatic heterocycles. The lowest BCUT2D eigenvalue weighted by atomic mass is 10.0. The molecule has 4 rings (SSSR count). The van der Waals surface area contributed by atoms with Crippen LogP contribution in [0.1, 0.15) is 22.9 Å². The summed E-state index contributed by atoms with van der Waals surface area (Å²) in [4.78, 5) is 4.87. The fourth-order valence-corrected chi connectivity index (χ4v) is 4.36. The number of piperazine rings is 1. The van der Waals surface area contributed by atoms with Gasteiger partial charge in [-0.15, -0.1) is 0 Å². The maximum absolute atomic E-state index is 11.0. The first kappa shape index (κ1) is 19.9. The summed E-state index contributed by atoms with van der Waals surface area (Å²) in [7, 11) is 2.08. The van der Waals surface area contributed by atoms with Gasteiger partial charge in [0.15, 0.2) is 0 Å². The summed E-state index contributed by atoms with van der Waals surface area (Å²) < 4.78 is 2.19. The van der Waals surface area contributed by atoms with Gasteiger partial charge in [0, 0.05) is 68.5 Å². The summed E-state index contributed by atoms with van der Waals surface area (Å²) in [6.07, 6.45) is 3.99. The molecule has 0 amide bonds. The van der Waals surface area contributed by atoms with Crippen molar-refractivity contribution in [1.29, 1.82) is 0 Å². The topological polar surface area (TPSA) is 31.6 Å². The molecule has 4 nitrogen and oxygen atoms in total. The van der Waals surface area contributed by atoms with Crippen LogP contribution in [0.2, 0.25) is 0 Å². The molecule has 1 N–H and O–H groups in total. The van der Waals surface area contributed by atoms with Crippen molar-refractivity contribution < 1.29 is 5.11 Å². The zero-order valence-electron chi connectivity index (χ0n) is 17.5. The van der Waals surface area contributed by atoms with Gasteiger partial charge in [0.2, 0.25) is 0 Å². The summed E-state index contributed by atoms with van der Waals surface area (Å²) in [6, 6.07) is 18.8. The Morgan fingerprint density at radius 3 is 2.34 bits per heavy atom. The van der Waals surface area contributed by atoms with Crippen molar-refractivity contribution in [1.82, 2.24) is 14.4 Å². The Morgan fingerprint density at radius 1 is 0.931 bits per heavy atom. The third-order valence-electron chi connectivity index (χ3n) is 6.15. The molecular weight excluding hydrogens is 358 g/mol. The van der Waals surface area contributed by atoms with E-state index in [1.54, 1.807) is 0 Å². The lowest BCUT2D eigenvalue weighted by molar-refractivity contribution is 0.0767. The Morgan fingerprint density at radius 2 is 1.59 bits per heavy atom. The average molecular weight is 390 g/mol. The monoisotopic (exact) mass is 389 g/mol. The predicted octanol–water partition coefficient (Wildman–Crippen LogP) is 3.85. The number of β-amino-alcohol motifs (C(OH)–C–C–N with tert-alkyl or cyclic N) is 1. The Bertz CT molecular complexity index is 968. The normalized spacial score (nSPS) is 17.3. The molecular formula is C25H31N3O. The Kier molecular flexibility index (Phi) is 6.14. The molecule has 1 unspecified atom stereocenters. The first-order valence-corrected chi connectivity index (χ1v) is 10.5. The molecule has 1 fully saturated rings. The highest BCUT2D eigenvalue weighted by atomic mass is 16.3. The summed E-state index contributed by atoms with van der Waals surface area (Å²) in [5.74, 6) is 0. The molecule has 0 saturated carbocycles. The Balaban J connectivity index is 1.32. The molecule has 0 spiro atoms. The third-order valence-corrected chi connectivity index (χ3v) is 6.15. The molecule has 0 radical (unpaired) electrons.